The number of nitrogens with two attached hydrogens (primary N) is 1. The van der Waals surface area contributed by atoms with Crippen LogP contribution >= 0.6 is 0 Å². The lowest BCUT2D eigenvalue weighted by Gasteiger charge is -2.59. The van der Waals surface area contributed by atoms with E-state index in [1.54, 1.807) is 18.9 Å². The molecular weight excluding hydrogens is 569 g/mol. The zero-order valence-electron chi connectivity index (χ0n) is 24.2. The zero-order chi connectivity index (χ0) is 31.8. The van der Waals surface area contributed by atoms with E-state index in [-0.39, 0.29) is 24.0 Å². The quantitative estimate of drug-likeness (QED) is 0.257. The monoisotopic (exact) mass is 606 g/mol. The summed E-state index contributed by atoms with van der Waals surface area (Å²) in [5.41, 5.74) is -3.04. The number of aromatic hydroxyl groups is 1. The Balaban J connectivity index is 1.80. The first kappa shape index (κ1) is 31.0. The van der Waals surface area contributed by atoms with Gasteiger partial charge in [0, 0.05) is 17.0 Å². The fraction of sp³-hybridized carbons (Fsp3) is 0.567. The molecule has 13 heteroatoms. The van der Waals surface area contributed by atoms with Crippen LogP contribution in [-0.4, -0.2) is 74.5 Å². The second kappa shape index (κ2) is 10.3. The van der Waals surface area contributed by atoms with Crippen molar-refractivity contribution in [2.75, 3.05) is 20.1 Å². The number of phenols is 1. The van der Waals surface area contributed by atoms with Crippen LogP contribution in [0, 0.1) is 16.7 Å². The molecular formula is C30H37F3N4O6. The van der Waals surface area contributed by atoms with E-state index < -0.39 is 98.6 Å². The molecule has 1 amide bonds. The minimum absolute atomic E-state index is 0.0206. The molecule has 1 aromatic rings. The van der Waals surface area contributed by atoms with E-state index in [4.69, 9.17) is 11.1 Å². The van der Waals surface area contributed by atoms with Crippen LogP contribution in [0.1, 0.15) is 74.2 Å². The number of fused-ring (bicyclic) bond motifs is 3. The first-order valence-electron chi connectivity index (χ1n) is 14.5. The zero-order valence-corrected chi connectivity index (χ0v) is 24.2. The number of carbonyl (C=O) groups is 2. The van der Waals surface area contributed by atoms with Gasteiger partial charge in [0.1, 0.15) is 22.8 Å². The molecule has 0 bridgehead atoms. The minimum Gasteiger partial charge on any atom is -0.510 e. The van der Waals surface area contributed by atoms with Crippen LogP contribution in [-0.2, 0) is 22.2 Å². The molecule has 1 unspecified atom stereocenters. The smallest absolute Gasteiger partial charge is 0.417 e. The number of rotatable bonds is 6. The molecule has 1 saturated carbocycles. The number of likely N-dealkylation sites (N-methyl/N-ethyl adjacent to an activating group) is 1. The van der Waals surface area contributed by atoms with E-state index >= 15 is 0 Å². The van der Waals surface area contributed by atoms with Gasteiger partial charge in [0.25, 0.3) is 5.91 Å². The summed E-state index contributed by atoms with van der Waals surface area (Å²) in [6, 6.07) is -0.900. The molecule has 1 aromatic carbocycles. The van der Waals surface area contributed by atoms with Crippen molar-refractivity contribution in [1.82, 2.24) is 10.2 Å². The summed E-state index contributed by atoms with van der Waals surface area (Å²) < 4.78 is 44.3. The van der Waals surface area contributed by atoms with Crippen molar-refractivity contribution in [1.29, 1.82) is 5.41 Å². The number of benzene rings is 1. The molecule has 5 atom stereocenters. The standard InChI is InChI=1S/C30H37F3N4O6/c1-4-9-37(3)25-23(40)20(27(35)42)24(34)29(43)26(41)18-13(12-28(25,29)5-2)10-15-19(22(18)39)17(38)11-14(16-7-6-8-36-16)21(15)30(31,32)33/h11,13,16,25,34,36,38-40,43H,4-10,12H2,1-3H3,(H2,35,42)/t13-,16?,25+,28-,29+/m0/s1. The molecule has 2 fully saturated rings. The van der Waals surface area contributed by atoms with Crippen molar-refractivity contribution in [3.05, 3.63) is 45.2 Å². The number of hydrogen-bond donors (Lipinski definition) is 7. The first-order valence-corrected chi connectivity index (χ1v) is 14.5. The largest absolute Gasteiger partial charge is 0.510 e. The van der Waals surface area contributed by atoms with Gasteiger partial charge in [0.2, 0.25) is 5.78 Å². The van der Waals surface area contributed by atoms with E-state index in [0.717, 1.165) is 6.07 Å². The van der Waals surface area contributed by atoms with Gasteiger partial charge in [-0.25, -0.2) is 0 Å². The van der Waals surface area contributed by atoms with Crippen LogP contribution in [0.25, 0.3) is 5.76 Å². The maximum atomic E-state index is 14.8. The SMILES string of the molecule is CCCN(C)[C@@H]1C(O)=C(C(N)=O)C(=N)[C@@]2(O)C(=O)C3=C(O)c4c(O)cc(C5CCCN5)c(C(F)(F)F)c4C[C@H]3C[C@@]12CC. The highest BCUT2D eigenvalue weighted by molar-refractivity contribution is 6.34. The number of nitrogens with one attached hydrogen (secondary N) is 2. The second-order valence-electron chi connectivity index (χ2n) is 12.2. The number of carbonyl (C=O) groups excluding carboxylic acids is 2. The molecule has 1 saturated heterocycles. The third kappa shape index (κ3) is 4.15. The normalized spacial score (nSPS) is 30.9. The summed E-state index contributed by atoms with van der Waals surface area (Å²) in [6.07, 6.45) is -3.85. The Bertz CT molecular complexity index is 1480. The number of primary amides is 1. The minimum atomic E-state index is -4.86. The predicted octanol–water partition coefficient (Wildman–Crippen LogP) is 3.42. The Morgan fingerprint density at radius 2 is 1.93 bits per heavy atom. The summed E-state index contributed by atoms with van der Waals surface area (Å²) in [4.78, 5) is 28.5. The average Bonchev–Trinajstić information content (AvgIpc) is 3.44. The fourth-order valence-electron chi connectivity index (χ4n) is 8.26. The van der Waals surface area contributed by atoms with Crippen LogP contribution in [0.2, 0.25) is 0 Å². The Labute approximate surface area is 246 Å². The van der Waals surface area contributed by atoms with E-state index in [1.807, 2.05) is 6.92 Å². The Hall–Kier alpha value is -3.42. The molecule has 10 nitrogen and oxygen atoms in total. The molecule has 1 heterocycles. The lowest BCUT2D eigenvalue weighted by atomic mass is 9.47. The average molecular weight is 607 g/mol. The molecule has 0 aromatic heterocycles. The maximum absolute atomic E-state index is 14.8. The number of alkyl halides is 3. The maximum Gasteiger partial charge on any atom is 0.417 e. The Morgan fingerprint density at radius 3 is 2.47 bits per heavy atom. The summed E-state index contributed by atoms with van der Waals surface area (Å²) in [5.74, 6) is -5.62. The molecule has 1 aliphatic heterocycles. The number of aliphatic hydroxyl groups excluding tert-OH is 2. The van der Waals surface area contributed by atoms with Gasteiger partial charge in [0.15, 0.2) is 5.60 Å². The summed E-state index contributed by atoms with van der Waals surface area (Å²) in [7, 11) is 1.61. The van der Waals surface area contributed by atoms with Gasteiger partial charge in [-0.2, -0.15) is 13.2 Å². The van der Waals surface area contributed by atoms with Crippen LogP contribution in [0.15, 0.2) is 23.0 Å². The van der Waals surface area contributed by atoms with Crippen molar-refractivity contribution >= 4 is 23.2 Å². The highest BCUT2D eigenvalue weighted by Crippen LogP contribution is 2.61. The molecule has 8 N–H and O–H groups in total. The van der Waals surface area contributed by atoms with Gasteiger partial charge < -0.3 is 36.9 Å². The Morgan fingerprint density at radius 1 is 1.26 bits per heavy atom. The summed E-state index contributed by atoms with van der Waals surface area (Å²) in [5, 5.41) is 58.0. The first-order chi connectivity index (χ1) is 20.1. The molecule has 43 heavy (non-hydrogen) atoms. The van der Waals surface area contributed by atoms with Crippen LogP contribution in [0.4, 0.5) is 13.2 Å². The number of nitrogens with zero attached hydrogens (tertiary/aromatic N) is 1. The van der Waals surface area contributed by atoms with Crippen molar-refractivity contribution in [3.8, 4) is 5.75 Å². The van der Waals surface area contributed by atoms with E-state index in [2.05, 4.69) is 5.32 Å². The van der Waals surface area contributed by atoms with E-state index in [1.165, 1.54) is 0 Å². The van der Waals surface area contributed by atoms with Gasteiger partial charge in [-0.15, -0.1) is 0 Å². The van der Waals surface area contributed by atoms with Crippen LogP contribution in [0.3, 0.4) is 0 Å². The van der Waals surface area contributed by atoms with Crippen molar-refractivity contribution in [2.24, 2.45) is 17.1 Å². The van der Waals surface area contributed by atoms with Gasteiger partial charge >= 0.3 is 6.18 Å². The number of Topliss-reactive ketones (excluding diaryl/α,β-unsaturated/α-hetero) is 1. The van der Waals surface area contributed by atoms with Crippen molar-refractivity contribution in [3.63, 3.8) is 0 Å². The number of phenolic OH excluding ortho intramolecular Hbond substituents is 1. The third-order valence-electron chi connectivity index (χ3n) is 9.96. The fourth-order valence-corrected chi connectivity index (χ4v) is 8.26. The lowest BCUT2D eigenvalue weighted by Crippen LogP contribution is -2.73. The highest BCUT2D eigenvalue weighted by atomic mass is 19.4. The third-order valence-corrected chi connectivity index (χ3v) is 9.96. The number of aliphatic hydroxyl groups is 3. The summed E-state index contributed by atoms with van der Waals surface area (Å²) >= 11 is 0. The number of halogens is 3. The van der Waals surface area contributed by atoms with E-state index in [9.17, 15) is 43.2 Å². The molecule has 4 aliphatic rings. The van der Waals surface area contributed by atoms with Crippen LogP contribution < -0.4 is 11.1 Å². The van der Waals surface area contributed by atoms with Crippen LogP contribution in [0.5, 0.6) is 5.75 Å². The molecule has 5 rings (SSSR count). The van der Waals surface area contributed by atoms with Crippen molar-refractivity contribution < 1.29 is 43.2 Å². The van der Waals surface area contributed by atoms with Gasteiger partial charge in [0.05, 0.1) is 22.9 Å². The number of ketones is 1. The second-order valence-corrected chi connectivity index (χ2v) is 12.2. The van der Waals surface area contributed by atoms with E-state index in [0.29, 0.717) is 32.4 Å². The molecule has 3 aliphatic carbocycles. The lowest BCUT2D eigenvalue weighted by molar-refractivity contribution is -0.156. The molecule has 234 valence electrons. The molecule has 0 radical (unpaired) electrons. The number of amides is 1. The van der Waals surface area contributed by atoms with Gasteiger partial charge in [-0.3, -0.25) is 14.5 Å². The van der Waals surface area contributed by atoms with Crippen molar-refractivity contribution in [2.45, 2.75) is 76.2 Å². The summed E-state index contributed by atoms with van der Waals surface area (Å²) in [6.45, 7) is 4.33. The molecule has 0 spiro atoms. The highest BCUT2D eigenvalue weighted by Gasteiger charge is 2.71. The predicted molar refractivity (Wildman–Crippen MR) is 150 cm³/mol. The van der Waals surface area contributed by atoms with Gasteiger partial charge in [-0.05, 0) is 81.8 Å². The topological polar surface area (TPSA) is 180 Å². The van der Waals surface area contributed by atoms with Gasteiger partial charge in [-0.1, -0.05) is 13.8 Å². The Kier molecular flexibility index (Phi) is 7.46. The number of hydrogen-bond acceptors (Lipinski definition) is 9.